The van der Waals surface area contributed by atoms with Crippen LogP contribution in [0.5, 0.6) is 0 Å². The third-order valence-electron chi connectivity index (χ3n) is 5.85. The number of anilines is 2. The van der Waals surface area contributed by atoms with Crippen LogP contribution in [-0.4, -0.2) is 30.9 Å². The molecule has 1 aliphatic rings. The van der Waals surface area contributed by atoms with Crippen molar-refractivity contribution in [3.8, 4) is 0 Å². The van der Waals surface area contributed by atoms with Crippen molar-refractivity contribution in [2.75, 3.05) is 23.4 Å². The Kier molecular flexibility index (Phi) is 8.03. The second kappa shape index (κ2) is 10.9. The van der Waals surface area contributed by atoms with Gasteiger partial charge in [-0.2, -0.15) is 0 Å². The van der Waals surface area contributed by atoms with Crippen molar-refractivity contribution in [3.05, 3.63) is 59.2 Å². The van der Waals surface area contributed by atoms with Crippen molar-refractivity contribution in [3.63, 3.8) is 0 Å². The number of benzene rings is 2. The third kappa shape index (κ3) is 5.36. The molecule has 1 heterocycles. The fourth-order valence-electron chi connectivity index (χ4n) is 3.99. The largest absolute Gasteiger partial charge is 0.462 e. The molecule has 6 heteroatoms. The smallest absolute Gasteiger partial charge is 0.338 e. The van der Waals surface area contributed by atoms with Crippen LogP contribution in [0, 0.1) is 5.92 Å². The summed E-state index contributed by atoms with van der Waals surface area (Å²) in [7, 11) is 0. The van der Waals surface area contributed by atoms with Gasteiger partial charge in [-0.3, -0.25) is 9.59 Å². The zero-order valence-electron chi connectivity index (χ0n) is 19.1. The van der Waals surface area contributed by atoms with Gasteiger partial charge in [0, 0.05) is 24.3 Å². The van der Waals surface area contributed by atoms with E-state index in [1.807, 2.05) is 25.1 Å². The van der Waals surface area contributed by atoms with Crippen LogP contribution in [0.1, 0.15) is 61.5 Å². The van der Waals surface area contributed by atoms with Crippen LogP contribution in [0.15, 0.2) is 42.5 Å². The molecule has 0 unspecified atom stereocenters. The van der Waals surface area contributed by atoms with Gasteiger partial charge in [-0.15, -0.1) is 0 Å². The van der Waals surface area contributed by atoms with Crippen LogP contribution in [0.25, 0.3) is 0 Å². The molecular weight excluding hydrogens is 404 g/mol. The molecule has 0 radical (unpaired) electrons. The van der Waals surface area contributed by atoms with Gasteiger partial charge in [-0.05, 0) is 54.7 Å². The highest BCUT2D eigenvalue weighted by molar-refractivity contribution is 6.04. The van der Waals surface area contributed by atoms with Crippen LogP contribution in [-0.2, 0) is 27.2 Å². The number of esters is 1. The summed E-state index contributed by atoms with van der Waals surface area (Å²) < 4.78 is 5.20. The first kappa shape index (κ1) is 23.5. The van der Waals surface area contributed by atoms with Gasteiger partial charge >= 0.3 is 5.97 Å². The molecule has 2 aromatic rings. The van der Waals surface area contributed by atoms with Gasteiger partial charge in [0.1, 0.15) is 0 Å². The molecule has 3 rings (SSSR count). The van der Waals surface area contributed by atoms with Gasteiger partial charge in [0.2, 0.25) is 11.8 Å². The fraction of sp³-hybridized carbons (Fsp3) is 0.423. The first-order valence-corrected chi connectivity index (χ1v) is 11.5. The maximum Gasteiger partial charge on any atom is 0.338 e. The molecule has 2 aromatic carbocycles. The molecule has 1 fully saturated rings. The number of ether oxygens (including phenoxy) is 1. The summed E-state index contributed by atoms with van der Waals surface area (Å²) >= 11 is 0. The van der Waals surface area contributed by atoms with Crippen molar-refractivity contribution >= 4 is 29.2 Å². The maximum atomic E-state index is 12.9. The second-order valence-corrected chi connectivity index (χ2v) is 8.09. The van der Waals surface area contributed by atoms with Gasteiger partial charge in [0.05, 0.1) is 18.1 Å². The number of hydrogen-bond acceptors (Lipinski definition) is 4. The number of nitrogens with one attached hydrogen (secondary N) is 1. The molecule has 0 aliphatic carbocycles. The predicted molar refractivity (Wildman–Crippen MR) is 126 cm³/mol. The molecule has 1 N–H and O–H groups in total. The number of unbranched alkanes of at least 4 members (excludes halogenated alkanes) is 1. The Hall–Kier alpha value is -3.15. The fourth-order valence-corrected chi connectivity index (χ4v) is 3.99. The second-order valence-electron chi connectivity index (χ2n) is 8.09. The first-order chi connectivity index (χ1) is 15.5. The summed E-state index contributed by atoms with van der Waals surface area (Å²) in [6, 6.07) is 12.8. The van der Waals surface area contributed by atoms with E-state index in [-0.39, 0.29) is 24.2 Å². The van der Waals surface area contributed by atoms with Gasteiger partial charge in [-0.25, -0.2) is 4.79 Å². The highest BCUT2D eigenvalue weighted by Crippen LogP contribution is 2.32. The lowest BCUT2D eigenvalue weighted by Gasteiger charge is -2.23. The van der Waals surface area contributed by atoms with Crippen LogP contribution < -0.4 is 10.2 Å². The molecule has 2 amide bonds. The van der Waals surface area contributed by atoms with E-state index in [1.165, 1.54) is 0 Å². The third-order valence-corrected chi connectivity index (χ3v) is 5.85. The van der Waals surface area contributed by atoms with E-state index in [9.17, 15) is 14.4 Å². The number of para-hydroxylation sites is 1. The van der Waals surface area contributed by atoms with Crippen molar-refractivity contribution in [2.45, 2.75) is 52.9 Å². The van der Waals surface area contributed by atoms with Crippen molar-refractivity contribution < 1.29 is 19.1 Å². The summed E-state index contributed by atoms with van der Waals surface area (Å²) in [6.07, 6.45) is 3.64. The Morgan fingerprint density at radius 3 is 2.28 bits per heavy atom. The molecule has 0 saturated carbocycles. The summed E-state index contributed by atoms with van der Waals surface area (Å²) in [6.45, 7) is 6.96. The molecule has 170 valence electrons. The lowest BCUT2D eigenvalue weighted by molar-refractivity contribution is -0.122. The zero-order chi connectivity index (χ0) is 23.1. The van der Waals surface area contributed by atoms with E-state index in [2.05, 4.69) is 19.2 Å². The monoisotopic (exact) mass is 436 g/mol. The highest BCUT2D eigenvalue weighted by atomic mass is 16.5. The minimum Gasteiger partial charge on any atom is -0.462 e. The molecule has 1 saturated heterocycles. The zero-order valence-corrected chi connectivity index (χ0v) is 19.1. The van der Waals surface area contributed by atoms with E-state index in [0.717, 1.165) is 42.5 Å². The van der Waals surface area contributed by atoms with Crippen molar-refractivity contribution in [1.29, 1.82) is 0 Å². The first-order valence-electron chi connectivity index (χ1n) is 11.5. The molecule has 0 bridgehead atoms. The maximum absolute atomic E-state index is 12.9. The van der Waals surface area contributed by atoms with Gasteiger partial charge in [0.15, 0.2) is 0 Å². The van der Waals surface area contributed by atoms with E-state index < -0.39 is 5.92 Å². The standard InChI is InChI=1S/C26H32N2O4/c1-4-7-15-32-26(31)20-11-13-22(14-12-20)27-25(30)21-16-23(29)28(17-21)24-18(5-2)9-8-10-19(24)6-3/h8-14,21H,4-7,15-17H2,1-3H3,(H,27,30)/t21-/m1/s1. The quantitative estimate of drug-likeness (QED) is 0.454. The Morgan fingerprint density at radius 2 is 1.69 bits per heavy atom. The summed E-state index contributed by atoms with van der Waals surface area (Å²) in [5.41, 5.74) is 4.25. The number of rotatable bonds is 9. The van der Waals surface area contributed by atoms with E-state index in [4.69, 9.17) is 4.74 Å². The molecule has 32 heavy (non-hydrogen) atoms. The minimum absolute atomic E-state index is 0.0223. The van der Waals surface area contributed by atoms with Gasteiger partial charge in [0.25, 0.3) is 0 Å². The van der Waals surface area contributed by atoms with E-state index >= 15 is 0 Å². The lowest BCUT2D eigenvalue weighted by Crippen LogP contribution is -2.29. The molecule has 1 aliphatic heterocycles. The Balaban J connectivity index is 1.65. The summed E-state index contributed by atoms with van der Waals surface area (Å²) in [5, 5.41) is 2.88. The highest BCUT2D eigenvalue weighted by Gasteiger charge is 2.36. The van der Waals surface area contributed by atoms with Crippen LogP contribution in [0.4, 0.5) is 11.4 Å². The Morgan fingerprint density at radius 1 is 1.03 bits per heavy atom. The predicted octanol–water partition coefficient (Wildman–Crippen LogP) is 4.76. The molecule has 0 spiro atoms. The number of aryl methyl sites for hydroxylation is 2. The Bertz CT molecular complexity index is 946. The van der Waals surface area contributed by atoms with E-state index in [0.29, 0.717) is 24.4 Å². The average Bonchev–Trinajstić information content (AvgIpc) is 3.20. The van der Waals surface area contributed by atoms with Crippen molar-refractivity contribution in [1.82, 2.24) is 0 Å². The normalized spacial score (nSPS) is 15.7. The van der Waals surface area contributed by atoms with Gasteiger partial charge < -0.3 is 15.0 Å². The summed E-state index contributed by atoms with van der Waals surface area (Å²) in [5.74, 6) is -0.998. The summed E-state index contributed by atoms with van der Waals surface area (Å²) in [4.78, 5) is 39.5. The molecule has 1 atom stereocenters. The number of amides is 2. The number of nitrogens with zero attached hydrogens (tertiary/aromatic N) is 1. The van der Waals surface area contributed by atoms with E-state index in [1.54, 1.807) is 29.2 Å². The van der Waals surface area contributed by atoms with Crippen LogP contribution in [0.2, 0.25) is 0 Å². The SMILES string of the molecule is CCCCOC(=O)c1ccc(NC(=O)[C@@H]2CC(=O)N(c3c(CC)cccc3CC)C2)cc1. The number of carbonyl (C=O) groups is 3. The average molecular weight is 437 g/mol. The minimum atomic E-state index is -0.421. The molecule has 6 nitrogen and oxygen atoms in total. The topological polar surface area (TPSA) is 75.7 Å². The Labute approximate surface area is 189 Å². The van der Waals surface area contributed by atoms with Gasteiger partial charge in [-0.1, -0.05) is 45.4 Å². The number of hydrogen-bond donors (Lipinski definition) is 1. The molecular formula is C26H32N2O4. The lowest BCUT2D eigenvalue weighted by atomic mass is 10.0. The number of carbonyl (C=O) groups excluding carboxylic acids is 3. The van der Waals surface area contributed by atoms with Crippen molar-refractivity contribution in [2.24, 2.45) is 5.92 Å². The molecule has 0 aromatic heterocycles. The van der Waals surface area contributed by atoms with Crippen LogP contribution >= 0.6 is 0 Å². The van der Waals surface area contributed by atoms with Crippen LogP contribution in [0.3, 0.4) is 0 Å².